The third-order valence-corrected chi connectivity index (χ3v) is 6.82. The molecule has 36 heavy (non-hydrogen) atoms. The number of thiophene rings is 1. The summed E-state index contributed by atoms with van der Waals surface area (Å²) in [6.45, 7) is 7.52. The number of hydrogen-bond acceptors (Lipinski definition) is 5. The van der Waals surface area contributed by atoms with Gasteiger partial charge in [0.1, 0.15) is 11.8 Å². The normalized spacial score (nSPS) is 11.9. The molecule has 3 aromatic rings. The van der Waals surface area contributed by atoms with E-state index >= 15 is 0 Å². The molecule has 2 N–H and O–H groups in total. The zero-order chi connectivity index (χ0) is 26.3. The largest absolute Gasteiger partial charge is 0.497 e. The average Bonchev–Trinajstić information content (AvgIpc) is 3.40. The average molecular weight is 508 g/mol. The van der Waals surface area contributed by atoms with Crippen LogP contribution in [0.5, 0.6) is 5.75 Å². The summed E-state index contributed by atoms with van der Waals surface area (Å²) >= 11 is 1.30. The zero-order valence-corrected chi connectivity index (χ0v) is 22.1. The highest BCUT2D eigenvalue weighted by Crippen LogP contribution is 2.31. The van der Waals surface area contributed by atoms with Gasteiger partial charge in [0.15, 0.2) is 0 Å². The van der Waals surface area contributed by atoms with E-state index in [4.69, 9.17) is 4.74 Å². The van der Waals surface area contributed by atoms with Gasteiger partial charge in [-0.05, 0) is 74.0 Å². The quantitative estimate of drug-likeness (QED) is 0.410. The van der Waals surface area contributed by atoms with Crippen LogP contribution < -0.4 is 20.3 Å². The number of hydrogen-bond donors (Lipinski definition) is 2. The molecule has 3 amide bonds. The van der Waals surface area contributed by atoms with Gasteiger partial charge in [-0.15, -0.1) is 11.3 Å². The maximum atomic E-state index is 13.8. The molecule has 0 aliphatic carbocycles. The Morgan fingerprint density at radius 2 is 1.81 bits per heavy atom. The Kier molecular flexibility index (Phi) is 8.88. The first-order chi connectivity index (χ1) is 17.1. The van der Waals surface area contributed by atoms with Crippen LogP contribution in [0, 0.1) is 6.92 Å². The molecule has 1 unspecified atom stereocenters. The van der Waals surface area contributed by atoms with E-state index in [-0.39, 0.29) is 18.4 Å². The van der Waals surface area contributed by atoms with Gasteiger partial charge in [-0.2, -0.15) is 0 Å². The predicted molar refractivity (Wildman–Crippen MR) is 144 cm³/mol. The maximum absolute atomic E-state index is 13.8. The van der Waals surface area contributed by atoms with Gasteiger partial charge in [0.05, 0.1) is 18.5 Å². The molecule has 0 saturated carbocycles. The van der Waals surface area contributed by atoms with Crippen molar-refractivity contribution in [3.8, 4) is 5.75 Å². The molecule has 0 bridgehead atoms. The number of ether oxygens (including phenoxy) is 1. The highest BCUT2D eigenvalue weighted by Gasteiger charge is 2.35. The molecule has 0 aliphatic heterocycles. The number of amides is 3. The minimum atomic E-state index is -0.987. The third-order valence-electron chi connectivity index (χ3n) is 5.96. The number of nitrogens with one attached hydrogen (secondary N) is 2. The van der Waals surface area contributed by atoms with Crippen LogP contribution in [0.2, 0.25) is 0 Å². The fourth-order valence-electron chi connectivity index (χ4n) is 3.67. The second-order valence-electron chi connectivity index (χ2n) is 9.17. The standard InChI is InChI=1S/C28H33N3O4S/c1-6-28(3,4)30-27(34)25(20-11-8-13-22(17-20)35-5)31(21-12-7-10-19(2)16-21)24(32)18-29-26(33)23-14-9-15-36-23/h7-17,25H,6,18H2,1-5H3,(H,29,33)(H,30,34). The van der Waals surface area contributed by atoms with Crippen molar-refractivity contribution in [2.45, 2.75) is 45.7 Å². The van der Waals surface area contributed by atoms with Crippen molar-refractivity contribution in [3.63, 3.8) is 0 Å². The fourth-order valence-corrected chi connectivity index (χ4v) is 4.31. The van der Waals surface area contributed by atoms with Crippen molar-refractivity contribution in [2.75, 3.05) is 18.6 Å². The Hall–Kier alpha value is -3.65. The van der Waals surface area contributed by atoms with Gasteiger partial charge in [-0.25, -0.2) is 0 Å². The molecule has 7 nitrogen and oxygen atoms in total. The third kappa shape index (κ3) is 6.73. The van der Waals surface area contributed by atoms with E-state index in [1.54, 1.807) is 55.0 Å². The van der Waals surface area contributed by atoms with Gasteiger partial charge in [0, 0.05) is 11.2 Å². The Morgan fingerprint density at radius 3 is 2.44 bits per heavy atom. The Morgan fingerprint density at radius 1 is 1.06 bits per heavy atom. The van der Waals surface area contributed by atoms with Crippen molar-refractivity contribution in [1.82, 2.24) is 10.6 Å². The molecule has 2 aromatic carbocycles. The van der Waals surface area contributed by atoms with Crippen molar-refractivity contribution in [3.05, 3.63) is 82.0 Å². The monoisotopic (exact) mass is 507 g/mol. The first-order valence-corrected chi connectivity index (χ1v) is 12.7. The number of rotatable bonds is 10. The van der Waals surface area contributed by atoms with E-state index in [9.17, 15) is 14.4 Å². The molecule has 1 heterocycles. The molecule has 190 valence electrons. The molecule has 8 heteroatoms. The lowest BCUT2D eigenvalue weighted by Crippen LogP contribution is -2.52. The summed E-state index contributed by atoms with van der Waals surface area (Å²) in [7, 11) is 1.55. The van der Waals surface area contributed by atoms with E-state index in [1.165, 1.54) is 16.2 Å². The first-order valence-electron chi connectivity index (χ1n) is 11.8. The van der Waals surface area contributed by atoms with Crippen molar-refractivity contribution in [1.29, 1.82) is 0 Å². The van der Waals surface area contributed by atoms with Crippen molar-refractivity contribution < 1.29 is 19.1 Å². The number of carbonyl (C=O) groups is 3. The first kappa shape index (κ1) is 26.9. The zero-order valence-electron chi connectivity index (χ0n) is 21.3. The van der Waals surface area contributed by atoms with Crippen LogP contribution in [-0.2, 0) is 9.59 Å². The smallest absolute Gasteiger partial charge is 0.261 e. The number of aryl methyl sites for hydroxylation is 1. The lowest BCUT2D eigenvalue weighted by Gasteiger charge is -2.35. The van der Waals surface area contributed by atoms with E-state index in [2.05, 4.69) is 10.6 Å². The van der Waals surface area contributed by atoms with Crippen molar-refractivity contribution >= 4 is 34.7 Å². The van der Waals surface area contributed by atoms with Crippen LogP contribution in [0.15, 0.2) is 66.0 Å². The minimum absolute atomic E-state index is 0.268. The van der Waals surface area contributed by atoms with Gasteiger partial charge in [0.25, 0.3) is 5.91 Å². The Bertz CT molecular complexity index is 1210. The van der Waals surface area contributed by atoms with Gasteiger partial charge < -0.3 is 15.4 Å². The van der Waals surface area contributed by atoms with Crippen LogP contribution >= 0.6 is 11.3 Å². The molecule has 0 radical (unpaired) electrons. The Balaban J connectivity index is 2.06. The highest BCUT2D eigenvalue weighted by molar-refractivity contribution is 7.12. The van der Waals surface area contributed by atoms with E-state index in [0.717, 1.165) is 5.56 Å². The maximum Gasteiger partial charge on any atom is 0.261 e. The molecule has 0 fully saturated rings. The topological polar surface area (TPSA) is 87.7 Å². The summed E-state index contributed by atoms with van der Waals surface area (Å²) in [4.78, 5) is 42.1. The summed E-state index contributed by atoms with van der Waals surface area (Å²) in [5.74, 6) is -0.503. The minimum Gasteiger partial charge on any atom is -0.497 e. The van der Waals surface area contributed by atoms with E-state index in [0.29, 0.717) is 28.3 Å². The number of carbonyl (C=O) groups excluding carboxylic acids is 3. The highest BCUT2D eigenvalue weighted by atomic mass is 32.1. The van der Waals surface area contributed by atoms with E-state index < -0.39 is 17.5 Å². The SMILES string of the molecule is CCC(C)(C)NC(=O)C(c1cccc(OC)c1)N(C(=O)CNC(=O)c1cccs1)c1cccc(C)c1. The molecule has 1 atom stereocenters. The predicted octanol–water partition coefficient (Wildman–Crippen LogP) is 4.87. The number of methoxy groups -OCH3 is 1. The second-order valence-corrected chi connectivity index (χ2v) is 10.1. The van der Waals surface area contributed by atoms with Crippen LogP contribution in [0.25, 0.3) is 0 Å². The molecule has 0 spiro atoms. The number of anilines is 1. The van der Waals surface area contributed by atoms with Crippen LogP contribution in [-0.4, -0.2) is 36.9 Å². The lowest BCUT2D eigenvalue weighted by atomic mass is 9.98. The van der Waals surface area contributed by atoms with Crippen LogP contribution in [0.4, 0.5) is 5.69 Å². The van der Waals surface area contributed by atoms with Gasteiger partial charge in [-0.3, -0.25) is 19.3 Å². The lowest BCUT2D eigenvalue weighted by molar-refractivity contribution is -0.127. The van der Waals surface area contributed by atoms with Gasteiger partial charge in [-0.1, -0.05) is 37.3 Å². The summed E-state index contributed by atoms with van der Waals surface area (Å²) in [6, 6.07) is 17.0. The summed E-state index contributed by atoms with van der Waals surface area (Å²) < 4.78 is 5.40. The van der Waals surface area contributed by atoms with Crippen LogP contribution in [0.3, 0.4) is 0 Å². The second kappa shape index (κ2) is 11.9. The number of benzene rings is 2. The molecule has 3 rings (SSSR count). The Labute approximate surface area is 216 Å². The van der Waals surface area contributed by atoms with E-state index in [1.807, 2.05) is 45.9 Å². The molecular weight excluding hydrogens is 474 g/mol. The summed E-state index contributed by atoms with van der Waals surface area (Å²) in [5, 5.41) is 7.59. The van der Waals surface area contributed by atoms with Gasteiger partial charge in [0.2, 0.25) is 11.8 Å². The van der Waals surface area contributed by atoms with Crippen molar-refractivity contribution in [2.24, 2.45) is 0 Å². The van der Waals surface area contributed by atoms with Gasteiger partial charge >= 0.3 is 0 Å². The fraction of sp³-hybridized carbons (Fsp3) is 0.321. The molecule has 0 aliphatic rings. The molecule has 1 aromatic heterocycles. The summed E-state index contributed by atoms with van der Waals surface area (Å²) in [6.07, 6.45) is 0.707. The van der Waals surface area contributed by atoms with Crippen LogP contribution in [0.1, 0.15) is 54.0 Å². The molecule has 0 saturated heterocycles. The summed E-state index contributed by atoms with van der Waals surface area (Å²) in [5.41, 5.74) is 1.61. The number of nitrogens with zero attached hydrogens (tertiary/aromatic N) is 1. The molecular formula is C28H33N3O4S.